The molecule has 0 heterocycles. The summed E-state index contributed by atoms with van der Waals surface area (Å²) in [5.41, 5.74) is 6.18. The van der Waals surface area contributed by atoms with Gasteiger partial charge >= 0.3 is 0 Å². The number of anilines is 2. The highest BCUT2D eigenvalue weighted by Gasteiger charge is 2.18. The first kappa shape index (κ1) is 15.6. The van der Waals surface area contributed by atoms with Gasteiger partial charge in [-0.25, -0.2) is 8.42 Å². The molecule has 0 aliphatic rings. The Morgan fingerprint density at radius 1 is 1.05 bits per heavy atom. The highest BCUT2D eigenvalue weighted by Crippen LogP contribution is 2.29. The molecule has 0 aliphatic carbocycles. The summed E-state index contributed by atoms with van der Waals surface area (Å²) in [6.07, 6.45) is 0. The lowest BCUT2D eigenvalue weighted by molar-refractivity contribution is 0.601. The summed E-state index contributed by atoms with van der Waals surface area (Å²) >= 11 is 12.5. The van der Waals surface area contributed by atoms with Crippen LogP contribution in [-0.4, -0.2) is 8.42 Å². The van der Waals surface area contributed by atoms with Crippen molar-refractivity contribution in [1.29, 1.82) is 0 Å². The SMILES string of the molecule is Nc1cc(Br)ccc1S(=O)(=O)Nc1ccc(Br)cc1Cl. The van der Waals surface area contributed by atoms with Crippen molar-refractivity contribution >= 4 is 64.9 Å². The van der Waals surface area contributed by atoms with Crippen molar-refractivity contribution in [2.24, 2.45) is 0 Å². The van der Waals surface area contributed by atoms with Gasteiger partial charge in [0.05, 0.1) is 16.4 Å². The van der Waals surface area contributed by atoms with Crippen LogP contribution < -0.4 is 10.5 Å². The van der Waals surface area contributed by atoms with Gasteiger partial charge in [-0.2, -0.15) is 0 Å². The maximum absolute atomic E-state index is 12.3. The van der Waals surface area contributed by atoms with Crippen LogP contribution in [-0.2, 0) is 10.0 Å². The quantitative estimate of drug-likeness (QED) is 0.701. The minimum atomic E-state index is -3.79. The monoisotopic (exact) mass is 438 g/mol. The normalized spacial score (nSPS) is 11.3. The Hall–Kier alpha value is -0.760. The van der Waals surface area contributed by atoms with Gasteiger partial charge in [0.25, 0.3) is 10.0 Å². The van der Waals surface area contributed by atoms with Gasteiger partial charge in [-0.15, -0.1) is 0 Å². The molecule has 0 saturated heterocycles. The maximum Gasteiger partial charge on any atom is 0.263 e. The smallest absolute Gasteiger partial charge is 0.263 e. The molecular formula is C12H9Br2ClN2O2S. The molecule has 0 aliphatic heterocycles. The zero-order chi connectivity index (χ0) is 14.9. The van der Waals surface area contributed by atoms with Crippen molar-refractivity contribution in [3.05, 3.63) is 50.4 Å². The Balaban J connectivity index is 2.41. The highest BCUT2D eigenvalue weighted by molar-refractivity contribution is 9.10. The van der Waals surface area contributed by atoms with Crippen molar-refractivity contribution in [1.82, 2.24) is 0 Å². The van der Waals surface area contributed by atoms with Crippen LogP contribution in [0.5, 0.6) is 0 Å². The molecular weight excluding hydrogens is 431 g/mol. The zero-order valence-corrected chi connectivity index (χ0v) is 14.6. The van der Waals surface area contributed by atoms with Crippen LogP contribution in [0.1, 0.15) is 0 Å². The zero-order valence-electron chi connectivity index (χ0n) is 9.90. The van der Waals surface area contributed by atoms with E-state index in [1.54, 1.807) is 24.3 Å². The average Bonchev–Trinajstić information content (AvgIpc) is 2.32. The number of hydrogen-bond donors (Lipinski definition) is 2. The number of nitrogens with two attached hydrogens (primary N) is 1. The van der Waals surface area contributed by atoms with Gasteiger partial charge in [0.1, 0.15) is 4.90 Å². The fourth-order valence-electron chi connectivity index (χ4n) is 1.54. The van der Waals surface area contributed by atoms with E-state index in [0.29, 0.717) is 9.50 Å². The van der Waals surface area contributed by atoms with Gasteiger partial charge in [0, 0.05) is 8.95 Å². The van der Waals surface area contributed by atoms with Crippen LogP contribution in [0.4, 0.5) is 11.4 Å². The van der Waals surface area contributed by atoms with Crippen molar-refractivity contribution in [3.63, 3.8) is 0 Å². The third-order valence-corrected chi connectivity index (χ3v) is 5.18. The third kappa shape index (κ3) is 3.46. The van der Waals surface area contributed by atoms with Gasteiger partial charge in [0.2, 0.25) is 0 Å². The van der Waals surface area contributed by atoms with Crippen LogP contribution in [0.2, 0.25) is 5.02 Å². The van der Waals surface area contributed by atoms with E-state index in [0.717, 1.165) is 4.47 Å². The van der Waals surface area contributed by atoms with Gasteiger partial charge in [-0.1, -0.05) is 43.5 Å². The van der Waals surface area contributed by atoms with Crippen LogP contribution in [0.3, 0.4) is 0 Å². The largest absolute Gasteiger partial charge is 0.398 e. The van der Waals surface area contributed by atoms with E-state index in [9.17, 15) is 8.42 Å². The van der Waals surface area contributed by atoms with Gasteiger partial charge in [-0.05, 0) is 36.4 Å². The molecule has 0 bridgehead atoms. The number of nitrogens with one attached hydrogen (secondary N) is 1. The lowest BCUT2D eigenvalue weighted by Gasteiger charge is -2.11. The van der Waals surface area contributed by atoms with Crippen LogP contribution in [0, 0.1) is 0 Å². The predicted octanol–water partition coefficient (Wildman–Crippen LogP) is 4.25. The van der Waals surface area contributed by atoms with E-state index in [1.807, 2.05) is 0 Å². The van der Waals surface area contributed by atoms with Crippen molar-refractivity contribution < 1.29 is 8.42 Å². The van der Waals surface area contributed by atoms with Crippen molar-refractivity contribution in [3.8, 4) is 0 Å². The molecule has 0 unspecified atom stereocenters. The first-order chi connectivity index (χ1) is 9.29. The molecule has 2 aromatic rings. The molecule has 0 aromatic heterocycles. The molecule has 3 N–H and O–H groups in total. The number of halogens is 3. The number of hydrogen-bond acceptors (Lipinski definition) is 3. The Bertz CT molecular complexity index is 766. The van der Waals surface area contributed by atoms with E-state index in [-0.39, 0.29) is 16.3 Å². The summed E-state index contributed by atoms with van der Waals surface area (Å²) in [6, 6.07) is 9.42. The van der Waals surface area contributed by atoms with E-state index < -0.39 is 10.0 Å². The standard InChI is InChI=1S/C12H9Br2ClN2O2S/c13-7-1-3-11(9(15)5-7)17-20(18,19)12-4-2-8(14)6-10(12)16/h1-6,17H,16H2. The molecule has 106 valence electrons. The van der Waals surface area contributed by atoms with Gasteiger partial charge in [-0.3, -0.25) is 4.72 Å². The third-order valence-electron chi connectivity index (χ3n) is 2.44. The van der Waals surface area contributed by atoms with Gasteiger partial charge in [0.15, 0.2) is 0 Å². The molecule has 0 saturated carbocycles. The molecule has 4 nitrogen and oxygen atoms in total. The number of sulfonamides is 1. The fraction of sp³-hybridized carbons (Fsp3) is 0. The minimum Gasteiger partial charge on any atom is -0.398 e. The lowest BCUT2D eigenvalue weighted by atomic mass is 10.3. The minimum absolute atomic E-state index is 0.000291. The summed E-state index contributed by atoms with van der Waals surface area (Å²) in [5.74, 6) is 0. The molecule has 0 radical (unpaired) electrons. The Morgan fingerprint density at radius 2 is 1.65 bits per heavy atom. The second kappa shape index (κ2) is 5.93. The lowest BCUT2D eigenvalue weighted by Crippen LogP contribution is -2.15. The average molecular weight is 441 g/mol. The predicted molar refractivity (Wildman–Crippen MR) is 88.5 cm³/mol. The van der Waals surface area contributed by atoms with E-state index in [4.69, 9.17) is 17.3 Å². The van der Waals surface area contributed by atoms with Crippen LogP contribution in [0.15, 0.2) is 50.2 Å². The van der Waals surface area contributed by atoms with E-state index in [2.05, 4.69) is 36.6 Å². The summed E-state index contributed by atoms with van der Waals surface area (Å²) in [6.45, 7) is 0. The summed E-state index contributed by atoms with van der Waals surface area (Å²) in [7, 11) is -3.79. The first-order valence-corrected chi connectivity index (χ1v) is 8.77. The molecule has 2 rings (SSSR count). The number of benzene rings is 2. The first-order valence-electron chi connectivity index (χ1n) is 5.32. The number of rotatable bonds is 3. The molecule has 2 aromatic carbocycles. The molecule has 0 atom stereocenters. The fourth-order valence-corrected chi connectivity index (χ4v) is 3.89. The molecule has 0 amide bonds. The van der Waals surface area contributed by atoms with E-state index >= 15 is 0 Å². The molecule has 0 spiro atoms. The summed E-state index contributed by atoms with van der Waals surface area (Å²) < 4.78 is 28.5. The maximum atomic E-state index is 12.3. The topological polar surface area (TPSA) is 72.2 Å². The second-order valence-electron chi connectivity index (χ2n) is 3.91. The number of nitrogen functional groups attached to an aromatic ring is 1. The van der Waals surface area contributed by atoms with Gasteiger partial charge < -0.3 is 5.73 Å². The molecule has 20 heavy (non-hydrogen) atoms. The highest BCUT2D eigenvalue weighted by atomic mass is 79.9. The van der Waals surface area contributed by atoms with Crippen LogP contribution >= 0.6 is 43.5 Å². The summed E-state index contributed by atoms with van der Waals surface area (Å²) in [5, 5.41) is 0.290. The van der Waals surface area contributed by atoms with E-state index in [1.165, 1.54) is 12.1 Å². The summed E-state index contributed by atoms with van der Waals surface area (Å²) in [4.78, 5) is -0.000291. The van der Waals surface area contributed by atoms with Crippen molar-refractivity contribution in [2.45, 2.75) is 4.90 Å². The Kier molecular flexibility index (Phi) is 4.63. The second-order valence-corrected chi connectivity index (χ2v) is 7.80. The Morgan fingerprint density at radius 3 is 2.25 bits per heavy atom. The van der Waals surface area contributed by atoms with Crippen LogP contribution in [0.25, 0.3) is 0 Å². The Labute approximate surface area is 138 Å². The molecule has 8 heteroatoms. The molecule has 0 fully saturated rings. The van der Waals surface area contributed by atoms with Crippen molar-refractivity contribution in [2.75, 3.05) is 10.5 Å².